The summed E-state index contributed by atoms with van der Waals surface area (Å²) in [6.45, 7) is 0. The largest absolute Gasteiger partial charge is 0.748 e. The van der Waals surface area contributed by atoms with Gasteiger partial charge in [0.2, 0.25) is 0 Å². The third-order valence-corrected chi connectivity index (χ3v) is 11.2. The molecule has 194 valence electrons. The molecule has 0 heterocycles. The second-order valence-corrected chi connectivity index (χ2v) is 13.1. The van der Waals surface area contributed by atoms with E-state index in [9.17, 15) is 0 Å². The van der Waals surface area contributed by atoms with Gasteiger partial charge in [-0.15, -0.1) is 10.9 Å². The predicted molar refractivity (Wildman–Crippen MR) is 166 cm³/mol. The quantitative estimate of drug-likeness (QED) is 0.109. The normalized spacial score (nSPS) is 10.5. The van der Waals surface area contributed by atoms with E-state index < -0.39 is 15.8 Å². The topological polar surface area (TPSA) is 0 Å². The van der Waals surface area contributed by atoms with Crippen molar-refractivity contribution in [3.8, 4) is 0 Å². The van der Waals surface area contributed by atoms with Crippen LogP contribution in [-0.4, -0.2) is 0 Å². The van der Waals surface area contributed by atoms with Gasteiger partial charge in [0.15, 0.2) is 0 Å². The zero-order chi connectivity index (χ0) is 25.1. The van der Waals surface area contributed by atoms with Gasteiger partial charge in [0.05, 0.1) is 0 Å². The first-order valence-electron chi connectivity index (χ1n) is 12.6. The number of hydrogen-bond donors (Lipinski definition) is 0. The van der Waals surface area contributed by atoms with Crippen LogP contribution in [0.1, 0.15) is 5.56 Å². The SMILES string of the molecule is [Fe].[cH-]1[cH-][cH-][cH-][cH-]1.c1ccc(P(C[c-]2cccc2P(c2ccccc2)c2ccccc2)c2ccccc2)cc1. The van der Waals surface area contributed by atoms with Gasteiger partial charge in [-0.05, 0) is 35.3 Å². The van der Waals surface area contributed by atoms with Gasteiger partial charge in [-0.3, -0.25) is 0 Å². The van der Waals surface area contributed by atoms with Crippen molar-refractivity contribution in [2.24, 2.45) is 0 Å². The molecular formula is C35H30FeP2-6. The van der Waals surface area contributed by atoms with Crippen molar-refractivity contribution in [1.82, 2.24) is 0 Å². The fourth-order valence-electron chi connectivity index (χ4n) is 4.42. The van der Waals surface area contributed by atoms with Crippen LogP contribution in [0, 0.1) is 0 Å². The van der Waals surface area contributed by atoms with E-state index in [2.05, 4.69) is 140 Å². The molecule has 0 saturated heterocycles. The summed E-state index contributed by atoms with van der Waals surface area (Å²) in [7, 11) is -1.06. The molecule has 0 fully saturated rings. The summed E-state index contributed by atoms with van der Waals surface area (Å²) in [4.78, 5) is 0. The molecule has 6 rings (SSSR count). The molecule has 0 N–H and O–H groups in total. The molecule has 0 radical (unpaired) electrons. The minimum atomic E-state index is -0.588. The Morgan fingerprint density at radius 2 is 0.816 bits per heavy atom. The second kappa shape index (κ2) is 14.8. The Morgan fingerprint density at radius 3 is 1.21 bits per heavy atom. The molecule has 0 aromatic heterocycles. The Bertz CT molecular complexity index is 1330. The standard InChI is InChI=1S/C30H25P2.C5H5.Fe/c1-5-15-26(16-6-1)31(27-17-7-2-8-18-27)24-25-14-13-23-30(25)32(28-19-9-3-10-20-28)29-21-11-4-12-22-29;1-2-4-5-3-1;/h1-23H,24H2;1-5H;/q-1;-5;. The second-order valence-electron chi connectivity index (χ2n) is 8.66. The fourth-order valence-corrected chi connectivity index (χ4v) is 9.36. The predicted octanol–water partition coefficient (Wildman–Crippen LogP) is 7.20. The van der Waals surface area contributed by atoms with Crippen LogP contribution < -0.4 is 26.5 Å². The van der Waals surface area contributed by atoms with E-state index in [1.165, 1.54) is 32.1 Å². The molecule has 6 aromatic rings. The molecule has 0 nitrogen and oxygen atoms in total. The zero-order valence-electron chi connectivity index (χ0n) is 21.1. The Labute approximate surface area is 240 Å². The molecule has 0 saturated carbocycles. The summed E-state index contributed by atoms with van der Waals surface area (Å²) >= 11 is 0. The third kappa shape index (κ3) is 7.29. The third-order valence-electron chi connectivity index (χ3n) is 6.17. The van der Waals surface area contributed by atoms with E-state index in [-0.39, 0.29) is 17.1 Å². The van der Waals surface area contributed by atoms with Gasteiger partial charge >= 0.3 is 0 Å². The van der Waals surface area contributed by atoms with Crippen LogP contribution in [0.5, 0.6) is 0 Å². The monoisotopic (exact) mass is 568 g/mol. The van der Waals surface area contributed by atoms with E-state index in [1.54, 1.807) is 0 Å². The van der Waals surface area contributed by atoms with E-state index >= 15 is 0 Å². The first-order valence-corrected chi connectivity index (χ1v) is 15.5. The van der Waals surface area contributed by atoms with Gasteiger partial charge in [-0.2, -0.15) is 6.07 Å². The fraction of sp³-hybridized carbons (Fsp3) is 0.0286. The molecular weight excluding hydrogens is 538 g/mol. The number of benzene rings is 4. The molecule has 0 spiro atoms. The van der Waals surface area contributed by atoms with Crippen LogP contribution in [0.4, 0.5) is 0 Å². The van der Waals surface area contributed by atoms with Crippen LogP contribution in [0.3, 0.4) is 0 Å². The van der Waals surface area contributed by atoms with Crippen molar-refractivity contribution in [3.05, 3.63) is 175 Å². The Kier molecular flexibility index (Phi) is 10.9. The van der Waals surface area contributed by atoms with Crippen molar-refractivity contribution >= 4 is 42.4 Å². The van der Waals surface area contributed by atoms with Gasteiger partial charge in [-0.1, -0.05) is 129 Å². The summed E-state index contributed by atoms with van der Waals surface area (Å²) in [5, 5.41) is 7.17. The Hall–Kier alpha value is -3.04. The minimum Gasteiger partial charge on any atom is -0.748 e. The van der Waals surface area contributed by atoms with Gasteiger partial charge in [0.25, 0.3) is 0 Å². The summed E-state index contributed by atoms with van der Waals surface area (Å²) in [5.41, 5.74) is 1.47. The molecule has 6 aromatic carbocycles. The van der Waals surface area contributed by atoms with Crippen molar-refractivity contribution < 1.29 is 17.1 Å². The number of hydrogen-bond acceptors (Lipinski definition) is 0. The molecule has 38 heavy (non-hydrogen) atoms. The molecule has 3 heteroatoms. The number of rotatable bonds is 7. The maximum atomic E-state index is 2.35. The molecule has 0 aliphatic rings. The van der Waals surface area contributed by atoms with E-state index in [1.807, 2.05) is 30.3 Å². The zero-order valence-corrected chi connectivity index (χ0v) is 24.0. The summed E-state index contributed by atoms with van der Waals surface area (Å²) in [6, 6.07) is 61.0. The van der Waals surface area contributed by atoms with Crippen molar-refractivity contribution in [2.75, 3.05) is 0 Å². The summed E-state index contributed by atoms with van der Waals surface area (Å²) in [6.07, 6.45) is 1.06. The van der Waals surface area contributed by atoms with E-state index in [4.69, 9.17) is 0 Å². The van der Waals surface area contributed by atoms with Crippen LogP contribution in [0.15, 0.2) is 170 Å². The smallest absolute Gasteiger partial charge is 0 e. The van der Waals surface area contributed by atoms with Crippen LogP contribution in [0.2, 0.25) is 0 Å². The molecule has 0 aliphatic heterocycles. The van der Waals surface area contributed by atoms with E-state index in [0.29, 0.717) is 0 Å². The van der Waals surface area contributed by atoms with Gasteiger partial charge < -0.3 is 30.3 Å². The summed E-state index contributed by atoms with van der Waals surface area (Å²) in [5.74, 6) is 0. The van der Waals surface area contributed by atoms with Crippen LogP contribution in [0.25, 0.3) is 0 Å². The molecule has 0 bridgehead atoms. The molecule has 0 amide bonds. The average Bonchev–Trinajstić information content (AvgIpc) is 3.70. The Morgan fingerprint density at radius 1 is 0.447 bits per heavy atom. The van der Waals surface area contributed by atoms with Gasteiger partial charge in [0, 0.05) is 17.1 Å². The average molecular weight is 568 g/mol. The van der Waals surface area contributed by atoms with Gasteiger partial charge in [-0.25, -0.2) is 12.1 Å². The van der Waals surface area contributed by atoms with Crippen molar-refractivity contribution in [2.45, 2.75) is 6.16 Å². The minimum absolute atomic E-state index is 0. The molecule has 0 unspecified atom stereocenters. The maximum absolute atomic E-state index is 2.35. The van der Waals surface area contributed by atoms with Crippen LogP contribution >= 0.6 is 15.8 Å². The van der Waals surface area contributed by atoms with Crippen molar-refractivity contribution in [1.29, 1.82) is 0 Å². The van der Waals surface area contributed by atoms with Crippen molar-refractivity contribution in [3.63, 3.8) is 0 Å². The van der Waals surface area contributed by atoms with Crippen LogP contribution in [-0.2, 0) is 23.2 Å². The summed E-state index contributed by atoms with van der Waals surface area (Å²) < 4.78 is 0. The van der Waals surface area contributed by atoms with Gasteiger partial charge in [0.1, 0.15) is 0 Å². The maximum Gasteiger partial charge on any atom is 0 e. The molecule has 0 aliphatic carbocycles. The first-order chi connectivity index (χ1) is 18.4. The van der Waals surface area contributed by atoms with E-state index in [0.717, 1.165) is 6.16 Å². The Balaban J connectivity index is 0.000000504. The first kappa shape index (κ1) is 28.0. The molecule has 0 atom stereocenters.